The smallest absolute Gasteiger partial charge is 0.195 e. The Hall–Kier alpha value is -9.26. The summed E-state index contributed by atoms with van der Waals surface area (Å²) in [7, 11) is -3.02. The predicted molar refractivity (Wildman–Crippen MR) is 505 cm³/mol. The second kappa shape index (κ2) is 49.6. The third-order valence-electron chi connectivity index (χ3n) is 26.5. The van der Waals surface area contributed by atoms with E-state index in [1.165, 1.54) is 0 Å². The molecule has 7 fully saturated rings. The normalized spacial score (nSPS) is 32.7. The minimum absolute atomic E-state index is 0.0143. The number of ether oxygens (including phenoxy) is 21. The highest BCUT2D eigenvalue weighted by Crippen LogP contribution is 2.47. The Bertz CT molecular complexity index is 5250. The molecular formula is C105H126N6O27Si. The van der Waals surface area contributed by atoms with Crippen molar-refractivity contribution in [3.8, 4) is 0 Å². The quantitative estimate of drug-likeness (QED) is 0.0103. The zero-order valence-corrected chi connectivity index (χ0v) is 79.8. The zero-order valence-electron chi connectivity index (χ0n) is 78.8. The van der Waals surface area contributed by atoms with Crippen LogP contribution in [0.1, 0.15) is 91.0 Å². The van der Waals surface area contributed by atoms with Crippen LogP contribution in [0.3, 0.4) is 0 Å². The molecule has 7 saturated heterocycles. The van der Waals surface area contributed by atoms with E-state index in [1.54, 1.807) is 19.1 Å². The van der Waals surface area contributed by atoms with Crippen LogP contribution < -0.4 is 0 Å². The molecule has 139 heavy (non-hydrogen) atoms. The summed E-state index contributed by atoms with van der Waals surface area (Å²) in [5.41, 5.74) is 29.7. The maximum absolute atomic E-state index is 14.3. The van der Waals surface area contributed by atoms with Crippen molar-refractivity contribution in [2.75, 3.05) is 26.4 Å². The molecule has 742 valence electrons. The number of fused-ring (bicyclic) bond motifs is 1. The fraction of sp³-hybridized carbons (Fsp3) is 0.486. The Morgan fingerprint density at radius 2 is 0.662 bits per heavy atom. The number of azide groups is 2. The molecule has 7 heterocycles. The van der Waals surface area contributed by atoms with Crippen molar-refractivity contribution in [3.63, 3.8) is 0 Å². The van der Waals surface area contributed by atoms with Gasteiger partial charge in [-0.2, -0.15) is 0 Å². The van der Waals surface area contributed by atoms with Gasteiger partial charge in [0.05, 0.1) is 91.5 Å². The summed E-state index contributed by atoms with van der Waals surface area (Å²) < 4.78 is 157. The van der Waals surface area contributed by atoms with Gasteiger partial charge in [0.1, 0.15) is 134 Å². The van der Waals surface area contributed by atoms with Gasteiger partial charge < -0.3 is 129 Å². The van der Waals surface area contributed by atoms with Crippen molar-refractivity contribution in [1.29, 1.82) is 0 Å². The van der Waals surface area contributed by atoms with Crippen LogP contribution in [0.2, 0.25) is 18.1 Å². The van der Waals surface area contributed by atoms with Gasteiger partial charge in [-0.1, -0.05) is 304 Å². The number of nitrogens with zero attached hydrogens (tertiary/aromatic N) is 6. The zero-order chi connectivity index (χ0) is 96.8. The van der Waals surface area contributed by atoms with Crippen LogP contribution in [0.5, 0.6) is 0 Å². The third kappa shape index (κ3) is 26.4. The fourth-order valence-corrected chi connectivity index (χ4v) is 19.1. The van der Waals surface area contributed by atoms with Crippen molar-refractivity contribution >= 4 is 8.32 Å². The first kappa shape index (κ1) is 103. The van der Waals surface area contributed by atoms with Crippen LogP contribution in [0.15, 0.2) is 283 Å². The van der Waals surface area contributed by atoms with E-state index in [1.807, 2.05) is 281 Å². The molecule has 7 aliphatic heterocycles. The van der Waals surface area contributed by atoms with Crippen LogP contribution >= 0.6 is 0 Å². The first-order valence-corrected chi connectivity index (χ1v) is 50.3. The van der Waals surface area contributed by atoms with E-state index in [9.17, 15) is 36.6 Å². The van der Waals surface area contributed by atoms with Crippen molar-refractivity contribution in [1.82, 2.24) is 0 Å². The summed E-state index contributed by atoms with van der Waals surface area (Å²) in [4.78, 5) is 7.02. The molecule has 33 nitrogen and oxygen atoms in total. The van der Waals surface area contributed by atoms with E-state index in [-0.39, 0.29) is 66.1 Å². The van der Waals surface area contributed by atoms with Gasteiger partial charge in [0.25, 0.3) is 0 Å². The lowest BCUT2D eigenvalue weighted by Gasteiger charge is -2.54. The Balaban J connectivity index is 0.823. The maximum atomic E-state index is 14.3. The van der Waals surface area contributed by atoms with Crippen molar-refractivity contribution in [2.24, 2.45) is 10.2 Å². The molecular weight excluding hydrogens is 1810 g/mol. The Labute approximate surface area is 810 Å². The lowest BCUT2D eigenvalue weighted by atomic mass is 9.93. The molecule has 34 heteroatoms. The molecule has 0 saturated carbocycles. The number of hydrogen-bond donors (Lipinski definition) is 5. The van der Waals surface area contributed by atoms with E-state index in [4.69, 9.17) is 104 Å². The number of rotatable bonds is 42. The van der Waals surface area contributed by atoms with Crippen LogP contribution in [0, 0.1) is 0 Å². The van der Waals surface area contributed by atoms with Gasteiger partial charge in [0.2, 0.25) is 0 Å². The number of hydrogen-bond acceptors (Lipinski definition) is 29. The van der Waals surface area contributed by atoms with Gasteiger partial charge in [-0.25, -0.2) is 0 Å². The Morgan fingerprint density at radius 3 is 1.04 bits per heavy atom. The summed E-state index contributed by atoms with van der Waals surface area (Å²) in [5.74, 6) is 0. The molecule has 0 aromatic heterocycles. The molecule has 0 aliphatic carbocycles. The van der Waals surface area contributed by atoms with Crippen molar-refractivity contribution in [2.45, 2.75) is 296 Å². The number of benzene rings is 9. The first-order chi connectivity index (χ1) is 67.7. The number of aliphatic hydroxyl groups is 5. The molecule has 0 amide bonds. The van der Waals surface area contributed by atoms with E-state index in [2.05, 4.69) is 40.8 Å². The molecule has 1 unspecified atom stereocenters. The summed E-state index contributed by atoms with van der Waals surface area (Å²) in [5, 5.41) is 68.9. The van der Waals surface area contributed by atoms with Crippen LogP contribution in [-0.2, 0) is 157 Å². The van der Waals surface area contributed by atoms with E-state index >= 15 is 0 Å². The van der Waals surface area contributed by atoms with Gasteiger partial charge >= 0.3 is 0 Å². The van der Waals surface area contributed by atoms with Crippen LogP contribution in [0.4, 0.5) is 0 Å². The van der Waals surface area contributed by atoms with Crippen molar-refractivity contribution in [3.05, 3.63) is 344 Å². The minimum Gasteiger partial charge on any atom is -0.394 e. The summed E-state index contributed by atoms with van der Waals surface area (Å²) in [6, 6.07) is 82.0. The molecule has 31 atom stereocenters. The lowest BCUT2D eigenvalue weighted by molar-refractivity contribution is -0.411. The molecule has 0 bridgehead atoms. The van der Waals surface area contributed by atoms with Gasteiger partial charge in [-0.3, -0.25) is 0 Å². The van der Waals surface area contributed by atoms with E-state index in [0.717, 1.165) is 44.5 Å². The van der Waals surface area contributed by atoms with E-state index in [0.29, 0.717) is 5.56 Å². The molecule has 5 N–H and O–H groups in total. The average molecular weight is 1930 g/mol. The van der Waals surface area contributed by atoms with Crippen LogP contribution in [0.25, 0.3) is 20.9 Å². The topological polar surface area (TPSA) is 402 Å². The summed E-state index contributed by atoms with van der Waals surface area (Å²) >= 11 is 0. The largest absolute Gasteiger partial charge is 0.394 e. The molecule has 7 aliphatic rings. The molecule has 0 spiro atoms. The highest BCUT2D eigenvalue weighted by molar-refractivity contribution is 6.74. The van der Waals surface area contributed by atoms with Gasteiger partial charge in [-0.15, -0.1) is 0 Å². The lowest BCUT2D eigenvalue weighted by Crippen LogP contribution is -2.70. The standard InChI is InChI=1S/C105H126N6O27Si/c1-65-86(119-56-69-39-21-10-22-40-69)94(121-58-71-43-25-12-26-44-71)96(123-60-73-47-29-14-30-48-73)103(126-65)135-91-80(108-110-106)99(129-77(62-117-54-67-35-17-8-18-36-67)88(91)133-101-84(115)83(114)82(113)76(53-112)128-101)137-93-85(116)102(131-79-64-125-98(132-90(79)93)75-51-33-16-34-52-75)134-89-78(63-118-55-68-37-19-9-20-38-68)130-100(138-139(6,7)105(3,4)5)81(109-111-107)92(89)136-104-97(124-61-74-49-31-15-32-50-74)95(122-59-72-45-27-13-28-46-72)87(66(2)127-104)120-57-70-41-23-11-24-42-70/h8-52,65-66,76-104,112-116H,53-64H2,1-7H3/t65-,66-,76+,77+,78+,79+,80+,81+,82-,83-,84+,85+,86+,87+,88+,89+,90-,91+,92+,93+,94+,95+,96-,97-,98?,99-,100-,101-,102-,103-,104-/m0/s1. The predicted octanol–water partition coefficient (Wildman–Crippen LogP) is 14.2. The van der Waals surface area contributed by atoms with Gasteiger partial charge in [-0.05, 0) is 87.5 Å². The molecule has 9 aromatic rings. The second-order valence-electron chi connectivity index (χ2n) is 37.3. The maximum Gasteiger partial charge on any atom is 0.195 e. The van der Waals surface area contributed by atoms with Gasteiger partial charge in [0, 0.05) is 15.4 Å². The average Bonchev–Trinajstić information content (AvgIpc) is 0.750. The monoisotopic (exact) mass is 1930 g/mol. The number of aliphatic hydroxyl groups excluding tert-OH is 5. The highest BCUT2D eigenvalue weighted by atomic mass is 28.4. The van der Waals surface area contributed by atoms with Crippen molar-refractivity contribution < 1.29 is 129 Å². The van der Waals surface area contributed by atoms with E-state index < -0.39 is 217 Å². The first-order valence-electron chi connectivity index (χ1n) is 47.4. The molecule has 0 radical (unpaired) electrons. The Morgan fingerprint density at radius 1 is 0.338 bits per heavy atom. The summed E-state index contributed by atoms with van der Waals surface area (Å²) in [6.45, 7) is 12.5. The fourth-order valence-electron chi connectivity index (χ4n) is 18.0. The SMILES string of the molecule is C[C@@H]1O[C@@H](O[C@@H]2[C@@H](N=[N+]=[N-])[C@H](O[C@@H]3[C@@H](O)[C@H](O[C@H]4[C@H](O[C@@H]5O[C@@H](C)[C@@H](OCc6ccccc6)[C@@H](OCc6ccccc6)[C@@H]5OCc5ccccc5)[C@@H](N=[N+]=[N-])[C@H](O[Si](C)(C)C(C)(C)C)O[C@@H]4COCc4ccccc4)O[C@@H]4COC(c5ccccc5)O[C@H]34)O[C@H](COCc3ccccc3)[C@H]2O[C@@H]2O[C@H](CO)[C@H](O)[C@H](O)[C@H]2O)[C@@H](OCc2ccccc2)[C@H](OCc2ccccc2)[C@@H]1OCc1ccccc1. The molecule has 16 rings (SSSR count). The van der Waals surface area contributed by atoms with Gasteiger partial charge in [0.15, 0.2) is 52.3 Å². The second-order valence-corrected chi connectivity index (χ2v) is 42.0. The minimum atomic E-state index is -3.02. The highest BCUT2D eigenvalue weighted by Gasteiger charge is 2.62. The molecule has 9 aromatic carbocycles. The van der Waals surface area contributed by atoms with Crippen LogP contribution in [-0.4, -0.2) is 244 Å². The Kier molecular flexibility index (Phi) is 36.6. The third-order valence-corrected chi connectivity index (χ3v) is 30.9. The summed E-state index contributed by atoms with van der Waals surface area (Å²) in [6.07, 6.45) is -42.5.